The highest BCUT2D eigenvalue weighted by molar-refractivity contribution is 7.99. The first-order chi connectivity index (χ1) is 17.2. The first-order valence-corrected chi connectivity index (χ1v) is 14.8. The van der Waals surface area contributed by atoms with Crippen LogP contribution in [0.15, 0.2) is 60.7 Å². The molecular weight excluding hydrogens is 460 g/mol. The molecule has 2 saturated carbocycles. The van der Waals surface area contributed by atoms with Crippen molar-refractivity contribution in [1.82, 2.24) is 5.32 Å². The number of carbonyl (C=O) groups excluding carboxylic acids is 1. The highest BCUT2D eigenvalue weighted by Crippen LogP contribution is 2.61. The molecule has 2 bridgehead atoms. The van der Waals surface area contributed by atoms with E-state index in [0.29, 0.717) is 17.7 Å². The van der Waals surface area contributed by atoms with Crippen molar-refractivity contribution in [2.24, 2.45) is 28.4 Å². The zero-order valence-corrected chi connectivity index (χ0v) is 23.5. The standard InChI is InChI=1S/C32H46N2OS/c1-24-17-32(27-13-9-6-10-14-27)19-26(29(24)36-20-25-11-7-5-8-12-25)18-31(4,21-32)16-15-28(33)30(2,3)22-34-23-35/h5-14,23-24,26,28-29H,15-22,33H2,1-4H3,(H,34,35). The highest BCUT2D eigenvalue weighted by Gasteiger charge is 2.53. The maximum Gasteiger partial charge on any atom is 0.207 e. The van der Waals surface area contributed by atoms with Gasteiger partial charge in [0.1, 0.15) is 0 Å². The Balaban J connectivity index is 1.54. The molecule has 2 aliphatic rings. The lowest BCUT2D eigenvalue weighted by atomic mass is 9.49. The number of nitrogens with two attached hydrogens (primary N) is 1. The topological polar surface area (TPSA) is 55.1 Å². The van der Waals surface area contributed by atoms with Gasteiger partial charge in [0, 0.05) is 23.6 Å². The lowest BCUT2D eigenvalue weighted by Crippen LogP contribution is -2.52. The molecule has 4 rings (SSSR count). The van der Waals surface area contributed by atoms with Gasteiger partial charge in [0.25, 0.3) is 0 Å². The second-order valence-electron chi connectivity index (χ2n) is 12.9. The van der Waals surface area contributed by atoms with Crippen LogP contribution in [0.2, 0.25) is 0 Å². The third-order valence-corrected chi connectivity index (χ3v) is 11.0. The molecule has 0 aromatic heterocycles. The van der Waals surface area contributed by atoms with Gasteiger partial charge in [0.05, 0.1) is 0 Å². The Morgan fingerprint density at radius 1 is 1.08 bits per heavy atom. The summed E-state index contributed by atoms with van der Waals surface area (Å²) >= 11 is 2.19. The van der Waals surface area contributed by atoms with Crippen LogP contribution >= 0.6 is 11.8 Å². The first-order valence-electron chi connectivity index (χ1n) is 13.8. The van der Waals surface area contributed by atoms with E-state index in [2.05, 4.69) is 105 Å². The molecule has 3 nitrogen and oxygen atoms in total. The SMILES string of the molecule is CC1CC2(c3ccccc3)CC(CC(C)(CCC(N)C(C)(C)CNC=O)C2)C1SCc1ccccc1. The van der Waals surface area contributed by atoms with Gasteiger partial charge in [-0.25, -0.2) is 0 Å². The van der Waals surface area contributed by atoms with E-state index in [4.69, 9.17) is 5.73 Å². The summed E-state index contributed by atoms with van der Waals surface area (Å²) in [4.78, 5) is 10.9. The molecule has 2 aromatic rings. The second kappa shape index (κ2) is 11.3. The van der Waals surface area contributed by atoms with Crippen molar-refractivity contribution in [3.05, 3.63) is 71.8 Å². The summed E-state index contributed by atoms with van der Waals surface area (Å²) in [6, 6.07) is 22.4. The molecule has 0 saturated heterocycles. The van der Waals surface area contributed by atoms with Crippen molar-refractivity contribution in [2.75, 3.05) is 6.54 Å². The smallest absolute Gasteiger partial charge is 0.207 e. The molecule has 3 N–H and O–H groups in total. The molecule has 2 fully saturated rings. The van der Waals surface area contributed by atoms with Gasteiger partial charge in [-0.1, -0.05) is 88.4 Å². The number of benzene rings is 2. The van der Waals surface area contributed by atoms with Crippen molar-refractivity contribution in [3.63, 3.8) is 0 Å². The van der Waals surface area contributed by atoms with Crippen LogP contribution in [-0.2, 0) is 16.0 Å². The van der Waals surface area contributed by atoms with Crippen molar-refractivity contribution >= 4 is 18.2 Å². The maximum atomic E-state index is 10.9. The van der Waals surface area contributed by atoms with Crippen molar-refractivity contribution in [2.45, 2.75) is 88.7 Å². The van der Waals surface area contributed by atoms with E-state index < -0.39 is 0 Å². The number of nitrogens with one attached hydrogen (secondary N) is 1. The Bertz CT molecular complexity index is 976. The van der Waals surface area contributed by atoms with E-state index in [1.54, 1.807) is 5.56 Å². The number of hydrogen-bond donors (Lipinski definition) is 2. The van der Waals surface area contributed by atoms with Gasteiger partial charge >= 0.3 is 0 Å². The van der Waals surface area contributed by atoms with Gasteiger partial charge in [-0.2, -0.15) is 11.8 Å². The van der Waals surface area contributed by atoms with Gasteiger partial charge in [-0.3, -0.25) is 4.79 Å². The fraction of sp³-hybridized carbons (Fsp3) is 0.594. The predicted molar refractivity (Wildman–Crippen MR) is 154 cm³/mol. The Hall–Kier alpha value is -1.78. The van der Waals surface area contributed by atoms with Crippen molar-refractivity contribution in [3.8, 4) is 0 Å². The van der Waals surface area contributed by atoms with Crippen LogP contribution in [-0.4, -0.2) is 24.2 Å². The first kappa shape index (κ1) is 27.3. The van der Waals surface area contributed by atoms with E-state index in [1.165, 1.54) is 31.2 Å². The number of thioether (sulfide) groups is 1. The van der Waals surface area contributed by atoms with Gasteiger partial charge in [-0.15, -0.1) is 0 Å². The molecule has 4 heteroatoms. The number of hydrogen-bond acceptors (Lipinski definition) is 3. The molecule has 0 spiro atoms. The third kappa shape index (κ3) is 6.19. The molecule has 1 amide bonds. The largest absolute Gasteiger partial charge is 0.358 e. The Kier molecular flexibility index (Phi) is 8.56. The van der Waals surface area contributed by atoms with Crippen molar-refractivity contribution < 1.29 is 4.79 Å². The Morgan fingerprint density at radius 3 is 2.42 bits per heavy atom. The summed E-state index contributed by atoms with van der Waals surface area (Å²) < 4.78 is 0. The van der Waals surface area contributed by atoms with Crippen LogP contribution in [0.25, 0.3) is 0 Å². The molecule has 2 aromatic carbocycles. The minimum Gasteiger partial charge on any atom is -0.358 e. The molecule has 6 unspecified atom stereocenters. The van der Waals surface area contributed by atoms with Crippen LogP contribution in [0.5, 0.6) is 0 Å². The molecule has 6 atom stereocenters. The van der Waals surface area contributed by atoms with Crippen molar-refractivity contribution in [1.29, 1.82) is 0 Å². The van der Waals surface area contributed by atoms with Crippen LogP contribution < -0.4 is 11.1 Å². The molecule has 0 heterocycles. The number of fused-ring (bicyclic) bond motifs is 2. The zero-order valence-electron chi connectivity index (χ0n) is 22.7. The van der Waals surface area contributed by atoms with Crippen LogP contribution in [0.1, 0.15) is 77.3 Å². The lowest BCUT2D eigenvalue weighted by molar-refractivity contribution is -0.110. The number of carbonyl (C=O) groups is 1. The summed E-state index contributed by atoms with van der Waals surface area (Å²) in [5.74, 6) is 2.53. The van der Waals surface area contributed by atoms with Gasteiger partial charge in [0.15, 0.2) is 0 Å². The average Bonchev–Trinajstić information content (AvgIpc) is 2.86. The fourth-order valence-electron chi connectivity index (χ4n) is 7.47. The van der Waals surface area contributed by atoms with Crippen LogP contribution in [0, 0.1) is 22.7 Å². The Morgan fingerprint density at radius 2 is 1.75 bits per heavy atom. The van der Waals surface area contributed by atoms with Crippen LogP contribution in [0.3, 0.4) is 0 Å². The van der Waals surface area contributed by atoms with E-state index in [-0.39, 0.29) is 22.3 Å². The quantitative estimate of drug-likeness (QED) is 0.324. The average molecular weight is 507 g/mol. The molecule has 2 aliphatic carbocycles. The number of rotatable bonds is 11. The fourth-order valence-corrected chi connectivity index (χ4v) is 8.94. The van der Waals surface area contributed by atoms with Gasteiger partial charge in [0.2, 0.25) is 6.41 Å². The highest BCUT2D eigenvalue weighted by atomic mass is 32.2. The summed E-state index contributed by atoms with van der Waals surface area (Å²) in [5, 5.41) is 3.55. The summed E-state index contributed by atoms with van der Waals surface area (Å²) in [7, 11) is 0. The predicted octanol–water partition coefficient (Wildman–Crippen LogP) is 6.95. The third-order valence-electron chi connectivity index (χ3n) is 9.29. The molecule has 36 heavy (non-hydrogen) atoms. The summed E-state index contributed by atoms with van der Waals surface area (Å²) in [6.07, 6.45) is 8.06. The van der Waals surface area contributed by atoms with Gasteiger partial charge in [-0.05, 0) is 77.7 Å². The van der Waals surface area contributed by atoms with E-state index in [0.717, 1.165) is 30.9 Å². The Labute approximate surface area is 223 Å². The second-order valence-corrected chi connectivity index (χ2v) is 14.0. The minimum atomic E-state index is -0.110. The molecule has 0 radical (unpaired) electrons. The van der Waals surface area contributed by atoms with Gasteiger partial charge < -0.3 is 11.1 Å². The van der Waals surface area contributed by atoms with E-state index in [1.807, 2.05) is 0 Å². The molecule has 196 valence electrons. The zero-order chi connectivity index (χ0) is 25.8. The van der Waals surface area contributed by atoms with E-state index in [9.17, 15) is 4.79 Å². The minimum absolute atomic E-state index is 0.0680. The summed E-state index contributed by atoms with van der Waals surface area (Å²) in [6.45, 7) is 10.0. The monoisotopic (exact) mass is 506 g/mol. The normalized spacial score (nSPS) is 31.0. The molecule has 0 aliphatic heterocycles. The molecular formula is C32H46N2OS. The number of amides is 1. The maximum absolute atomic E-state index is 10.9. The summed E-state index contributed by atoms with van der Waals surface area (Å²) in [5.41, 5.74) is 10.1. The lowest BCUT2D eigenvalue weighted by Gasteiger charge is -2.58. The van der Waals surface area contributed by atoms with E-state index >= 15 is 0 Å². The van der Waals surface area contributed by atoms with Crippen LogP contribution in [0.4, 0.5) is 0 Å².